The van der Waals surface area contributed by atoms with E-state index < -0.39 is 0 Å². The molecule has 0 unspecified atom stereocenters. The summed E-state index contributed by atoms with van der Waals surface area (Å²) in [7, 11) is 0. The monoisotopic (exact) mass is 281 g/mol. The van der Waals surface area contributed by atoms with Crippen LogP contribution in [0.1, 0.15) is 30.5 Å². The van der Waals surface area contributed by atoms with Crippen molar-refractivity contribution >= 4 is 29.0 Å². The van der Waals surface area contributed by atoms with Gasteiger partial charge >= 0.3 is 0 Å². The van der Waals surface area contributed by atoms with Crippen LogP contribution in [0.2, 0.25) is 10.0 Å². The SMILES string of the molecule is Nc1n[nH]c(C2(c3ccccc3Cl)CCC2)c1Cl. The number of nitrogen functional groups attached to an aromatic ring is 1. The number of benzene rings is 1. The van der Waals surface area contributed by atoms with Crippen LogP contribution in [0, 0.1) is 0 Å². The first-order valence-corrected chi connectivity index (χ1v) is 6.65. The minimum absolute atomic E-state index is 0.153. The minimum Gasteiger partial charge on any atom is -0.381 e. The lowest BCUT2D eigenvalue weighted by Gasteiger charge is -2.42. The third kappa shape index (κ3) is 1.54. The average molecular weight is 282 g/mol. The first-order chi connectivity index (χ1) is 8.65. The molecule has 1 fully saturated rings. The fourth-order valence-electron chi connectivity index (χ4n) is 2.69. The number of aromatic nitrogens is 2. The highest BCUT2D eigenvalue weighted by atomic mass is 35.5. The number of nitrogens with two attached hydrogens (primary N) is 1. The molecular weight excluding hydrogens is 269 g/mol. The molecule has 0 radical (unpaired) electrons. The van der Waals surface area contributed by atoms with E-state index in [0.29, 0.717) is 10.8 Å². The van der Waals surface area contributed by atoms with Gasteiger partial charge in [0.05, 0.1) is 5.69 Å². The molecule has 1 heterocycles. The van der Waals surface area contributed by atoms with E-state index in [9.17, 15) is 0 Å². The highest BCUT2D eigenvalue weighted by Crippen LogP contribution is 2.52. The van der Waals surface area contributed by atoms with Crippen LogP contribution in [0.3, 0.4) is 0 Å². The molecule has 1 aliphatic carbocycles. The van der Waals surface area contributed by atoms with Crippen LogP contribution < -0.4 is 5.73 Å². The zero-order valence-electron chi connectivity index (χ0n) is 9.71. The Bertz CT molecular complexity index is 588. The molecule has 1 aromatic heterocycles. The summed E-state index contributed by atoms with van der Waals surface area (Å²) in [6.45, 7) is 0. The minimum atomic E-state index is -0.153. The van der Waals surface area contributed by atoms with Crippen LogP contribution >= 0.6 is 23.2 Å². The molecule has 0 saturated heterocycles. The summed E-state index contributed by atoms with van der Waals surface area (Å²) in [5.74, 6) is 0.352. The second kappa shape index (κ2) is 4.18. The molecule has 0 spiro atoms. The fraction of sp³-hybridized carbons (Fsp3) is 0.308. The van der Waals surface area contributed by atoms with Crippen LogP contribution in [0.25, 0.3) is 0 Å². The van der Waals surface area contributed by atoms with Crippen LogP contribution in [0.15, 0.2) is 24.3 Å². The number of rotatable bonds is 2. The predicted octanol–water partition coefficient (Wildman–Crippen LogP) is 3.77. The number of H-pyrrole nitrogens is 1. The molecule has 3 N–H and O–H groups in total. The maximum Gasteiger partial charge on any atom is 0.164 e. The van der Waals surface area contributed by atoms with E-state index in [-0.39, 0.29) is 5.41 Å². The van der Waals surface area contributed by atoms with Gasteiger partial charge in [-0.15, -0.1) is 0 Å². The van der Waals surface area contributed by atoms with Gasteiger partial charge in [0.25, 0.3) is 0 Å². The smallest absolute Gasteiger partial charge is 0.164 e. The van der Waals surface area contributed by atoms with E-state index in [4.69, 9.17) is 28.9 Å². The third-order valence-corrected chi connectivity index (χ3v) is 4.52. The summed E-state index contributed by atoms with van der Waals surface area (Å²) in [6.07, 6.45) is 3.18. The Balaban J connectivity index is 2.17. The summed E-state index contributed by atoms with van der Waals surface area (Å²) < 4.78 is 0. The molecule has 1 aromatic carbocycles. The zero-order chi connectivity index (χ0) is 12.8. The molecule has 5 heteroatoms. The molecular formula is C13H13Cl2N3. The number of nitrogens with one attached hydrogen (secondary N) is 1. The Kier molecular flexibility index (Phi) is 2.76. The van der Waals surface area contributed by atoms with E-state index in [1.807, 2.05) is 18.2 Å². The van der Waals surface area contributed by atoms with Crippen molar-refractivity contribution in [2.75, 3.05) is 5.73 Å². The van der Waals surface area contributed by atoms with Crippen molar-refractivity contribution in [2.45, 2.75) is 24.7 Å². The van der Waals surface area contributed by atoms with Gasteiger partial charge in [-0.2, -0.15) is 5.10 Å². The summed E-state index contributed by atoms with van der Waals surface area (Å²) in [4.78, 5) is 0. The molecule has 1 aliphatic rings. The molecule has 2 aromatic rings. The van der Waals surface area contributed by atoms with Gasteiger partial charge in [-0.1, -0.05) is 47.8 Å². The average Bonchev–Trinajstić information content (AvgIpc) is 2.63. The highest BCUT2D eigenvalue weighted by Gasteiger charge is 2.44. The van der Waals surface area contributed by atoms with Crippen molar-refractivity contribution < 1.29 is 0 Å². The van der Waals surface area contributed by atoms with Gasteiger partial charge in [0.1, 0.15) is 5.02 Å². The Morgan fingerprint density at radius 1 is 1.22 bits per heavy atom. The number of hydrogen-bond acceptors (Lipinski definition) is 2. The molecule has 0 atom stereocenters. The summed E-state index contributed by atoms with van der Waals surface area (Å²) in [6, 6.07) is 7.88. The molecule has 3 nitrogen and oxygen atoms in total. The van der Waals surface area contributed by atoms with Crippen LogP contribution in [0.4, 0.5) is 5.82 Å². The lowest BCUT2D eigenvalue weighted by molar-refractivity contribution is 0.293. The second-order valence-electron chi connectivity index (χ2n) is 4.71. The number of aromatic amines is 1. The molecule has 0 aliphatic heterocycles. The second-order valence-corrected chi connectivity index (χ2v) is 5.50. The van der Waals surface area contributed by atoms with E-state index in [2.05, 4.69) is 16.3 Å². The quantitative estimate of drug-likeness (QED) is 0.881. The summed E-state index contributed by atoms with van der Waals surface area (Å²) in [5, 5.41) is 8.26. The van der Waals surface area contributed by atoms with Gasteiger partial charge in [-0.3, -0.25) is 5.10 Å². The zero-order valence-corrected chi connectivity index (χ0v) is 11.2. The van der Waals surface area contributed by atoms with Crippen molar-refractivity contribution in [1.82, 2.24) is 10.2 Å². The standard InChI is InChI=1S/C13H13Cl2N3/c14-9-5-2-1-4-8(9)13(6-3-7-13)11-10(15)12(16)18-17-11/h1-2,4-5H,3,6-7H2,(H3,16,17,18). The lowest BCUT2D eigenvalue weighted by atomic mass is 9.62. The molecule has 3 rings (SSSR count). The van der Waals surface area contributed by atoms with Gasteiger partial charge in [0.15, 0.2) is 5.82 Å². The third-order valence-electron chi connectivity index (χ3n) is 3.81. The van der Waals surface area contributed by atoms with Crippen molar-refractivity contribution in [2.24, 2.45) is 0 Å². The maximum absolute atomic E-state index is 6.32. The largest absolute Gasteiger partial charge is 0.381 e. The van der Waals surface area contributed by atoms with Gasteiger partial charge in [-0.05, 0) is 24.5 Å². The Hall–Kier alpha value is -1.19. The first-order valence-electron chi connectivity index (χ1n) is 5.90. The van der Waals surface area contributed by atoms with Crippen LogP contribution in [0.5, 0.6) is 0 Å². The molecule has 94 valence electrons. The van der Waals surface area contributed by atoms with Crippen LogP contribution in [-0.4, -0.2) is 10.2 Å². The van der Waals surface area contributed by atoms with Gasteiger partial charge in [0, 0.05) is 10.4 Å². The maximum atomic E-state index is 6.32. The summed E-state index contributed by atoms with van der Waals surface area (Å²) in [5.41, 5.74) is 7.56. The fourth-order valence-corrected chi connectivity index (χ4v) is 3.28. The van der Waals surface area contributed by atoms with E-state index in [1.165, 1.54) is 0 Å². The Morgan fingerprint density at radius 2 is 1.94 bits per heavy atom. The van der Waals surface area contributed by atoms with E-state index in [0.717, 1.165) is 35.5 Å². The van der Waals surface area contributed by atoms with Gasteiger partial charge in [0.2, 0.25) is 0 Å². The van der Waals surface area contributed by atoms with E-state index >= 15 is 0 Å². The predicted molar refractivity (Wildman–Crippen MR) is 74.1 cm³/mol. The van der Waals surface area contributed by atoms with Crippen LogP contribution in [-0.2, 0) is 5.41 Å². The highest BCUT2D eigenvalue weighted by molar-refractivity contribution is 6.34. The van der Waals surface area contributed by atoms with Crippen molar-refractivity contribution in [3.63, 3.8) is 0 Å². The number of anilines is 1. The normalized spacial score (nSPS) is 17.4. The number of nitrogens with zero attached hydrogens (tertiary/aromatic N) is 1. The molecule has 0 amide bonds. The topological polar surface area (TPSA) is 54.7 Å². The Morgan fingerprint density at radius 3 is 2.44 bits per heavy atom. The lowest BCUT2D eigenvalue weighted by Crippen LogP contribution is -2.36. The van der Waals surface area contributed by atoms with Crippen molar-refractivity contribution in [3.05, 3.63) is 45.6 Å². The van der Waals surface area contributed by atoms with E-state index in [1.54, 1.807) is 0 Å². The number of halogens is 2. The summed E-state index contributed by atoms with van der Waals surface area (Å²) >= 11 is 12.6. The van der Waals surface area contributed by atoms with Gasteiger partial charge in [-0.25, -0.2) is 0 Å². The van der Waals surface area contributed by atoms with Crippen molar-refractivity contribution in [1.29, 1.82) is 0 Å². The molecule has 18 heavy (non-hydrogen) atoms. The first kappa shape index (κ1) is 11.9. The molecule has 1 saturated carbocycles. The van der Waals surface area contributed by atoms with Crippen molar-refractivity contribution in [3.8, 4) is 0 Å². The molecule has 0 bridgehead atoms. The van der Waals surface area contributed by atoms with Gasteiger partial charge < -0.3 is 5.73 Å². The number of hydrogen-bond donors (Lipinski definition) is 2. The Labute approximate surface area is 115 Å².